The van der Waals surface area contributed by atoms with E-state index in [1.54, 1.807) is 0 Å². The number of esters is 1. The molecule has 0 amide bonds. The van der Waals surface area contributed by atoms with Gasteiger partial charge in [-0.05, 0) is 44.9 Å². The van der Waals surface area contributed by atoms with Crippen LogP contribution in [0.25, 0.3) is 0 Å². The van der Waals surface area contributed by atoms with Crippen LogP contribution < -0.4 is 0 Å². The van der Waals surface area contributed by atoms with Crippen molar-refractivity contribution in [1.82, 2.24) is 0 Å². The summed E-state index contributed by atoms with van der Waals surface area (Å²) in [6.45, 7) is 1.82. The van der Waals surface area contributed by atoms with Crippen LogP contribution in [0.3, 0.4) is 0 Å². The molecule has 90 valence electrons. The van der Waals surface area contributed by atoms with E-state index < -0.39 is 0 Å². The topological polar surface area (TPSA) is 46.5 Å². The zero-order chi connectivity index (χ0) is 11.5. The Morgan fingerprint density at radius 1 is 1.56 bits per heavy atom. The van der Waals surface area contributed by atoms with Gasteiger partial charge in [-0.25, -0.2) is 0 Å². The van der Waals surface area contributed by atoms with Crippen LogP contribution in [-0.4, -0.2) is 23.3 Å². The highest BCUT2D eigenvalue weighted by Gasteiger charge is 2.46. The van der Waals surface area contributed by atoms with Gasteiger partial charge in [0.15, 0.2) is 0 Å². The number of fused-ring (bicyclic) bond motifs is 2. The molecule has 3 heteroatoms. The molecule has 1 heterocycles. The Morgan fingerprint density at radius 3 is 3.00 bits per heavy atom. The molecule has 0 aromatic heterocycles. The number of aliphatic hydroxyl groups is 1. The number of aliphatic hydroxyl groups excluding tert-OH is 1. The standard InChI is InChI=1S/C13H20O3/c1-9(14)5-3-2-4-6-10-7-11-8-12(10)13(15)16-11/h4,6,9-12,14H,2-3,5,7-8H2,1H3/b6-4+/t9-,10+,11-,12-/m0/s1. The molecule has 1 aliphatic carbocycles. The van der Waals surface area contributed by atoms with Crippen LogP contribution >= 0.6 is 0 Å². The summed E-state index contributed by atoms with van der Waals surface area (Å²) < 4.78 is 5.14. The fraction of sp³-hybridized carbons (Fsp3) is 0.769. The smallest absolute Gasteiger partial charge is 0.309 e. The molecule has 0 spiro atoms. The zero-order valence-electron chi connectivity index (χ0n) is 9.76. The molecule has 3 nitrogen and oxygen atoms in total. The first-order chi connectivity index (χ1) is 7.66. The second kappa shape index (κ2) is 5.00. The molecule has 0 aromatic carbocycles. The molecule has 1 saturated heterocycles. The van der Waals surface area contributed by atoms with Gasteiger partial charge in [0, 0.05) is 0 Å². The first-order valence-electron chi connectivity index (χ1n) is 6.22. The molecule has 1 aliphatic heterocycles. The number of allylic oxidation sites excluding steroid dienone is 2. The van der Waals surface area contributed by atoms with Crippen LogP contribution in [0.2, 0.25) is 0 Å². The molecular weight excluding hydrogens is 204 g/mol. The number of hydrogen-bond acceptors (Lipinski definition) is 3. The lowest BCUT2D eigenvalue weighted by atomic mass is 9.95. The zero-order valence-corrected chi connectivity index (χ0v) is 9.76. The maximum Gasteiger partial charge on any atom is 0.309 e. The minimum absolute atomic E-state index is 0.00474. The summed E-state index contributed by atoms with van der Waals surface area (Å²) in [6.07, 6.45) is 9.09. The predicted octanol–water partition coefficient (Wildman–Crippen LogP) is 2.05. The van der Waals surface area contributed by atoms with E-state index in [0.29, 0.717) is 5.92 Å². The second-order valence-corrected chi connectivity index (χ2v) is 5.01. The third kappa shape index (κ3) is 2.64. The Hall–Kier alpha value is -0.830. The Bertz CT molecular complexity index is 283. The molecule has 0 aromatic rings. The number of ether oxygens (including phenoxy) is 1. The lowest BCUT2D eigenvalue weighted by Gasteiger charge is -2.17. The van der Waals surface area contributed by atoms with Gasteiger partial charge in [0.1, 0.15) is 6.10 Å². The molecule has 4 atom stereocenters. The molecule has 2 fully saturated rings. The predicted molar refractivity (Wildman–Crippen MR) is 60.8 cm³/mol. The minimum Gasteiger partial charge on any atom is -0.462 e. The molecule has 2 rings (SSSR count). The van der Waals surface area contributed by atoms with E-state index in [9.17, 15) is 4.79 Å². The Kier molecular flexibility index (Phi) is 3.64. The summed E-state index contributed by atoms with van der Waals surface area (Å²) in [5.74, 6) is 0.519. The van der Waals surface area contributed by atoms with Crippen molar-refractivity contribution < 1.29 is 14.6 Å². The van der Waals surface area contributed by atoms with Crippen molar-refractivity contribution in [2.75, 3.05) is 0 Å². The van der Waals surface area contributed by atoms with Crippen molar-refractivity contribution in [3.63, 3.8) is 0 Å². The number of carbonyl (C=O) groups excluding carboxylic acids is 1. The summed E-state index contributed by atoms with van der Waals surface area (Å²) in [5, 5.41) is 9.10. The monoisotopic (exact) mass is 224 g/mol. The van der Waals surface area contributed by atoms with E-state index in [2.05, 4.69) is 12.2 Å². The molecular formula is C13H20O3. The molecule has 0 unspecified atom stereocenters. The van der Waals surface area contributed by atoms with Crippen LogP contribution in [0.1, 0.15) is 39.0 Å². The molecule has 2 bridgehead atoms. The largest absolute Gasteiger partial charge is 0.462 e. The highest BCUT2D eigenvalue weighted by molar-refractivity contribution is 5.76. The van der Waals surface area contributed by atoms with Crippen LogP contribution in [0.5, 0.6) is 0 Å². The van der Waals surface area contributed by atoms with Gasteiger partial charge < -0.3 is 9.84 Å². The van der Waals surface area contributed by atoms with Crippen LogP contribution in [0, 0.1) is 11.8 Å². The number of unbranched alkanes of at least 4 members (excludes halogenated alkanes) is 1. The quantitative estimate of drug-likeness (QED) is 0.441. The number of carbonyl (C=O) groups is 1. The summed E-state index contributed by atoms with van der Waals surface area (Å²) in [7, 11) is 0. The molecule has 1 saturated carbocycles. The summed E-state index contributed by atoms with van der Waals surface area (Å²) >= 11 is 0. The van der Waals surface area contributed by atoms with Gasteiger partial charge in [-0.3, -0.25) is 4.79 Å². The third-order valence-electron chi connectivity index (χ3n) is 3.53. The number of rotatable bonds is 5. The second-order valence-electron chi connectivity index (χ2n) is 5.01. The van der Waals surface area contributed by atoms with Crippen molar-refractivity contribution in [3.8, 4) is 0 Å². The van der Waals surface area contributed by atoms with E-state index in [1.807, 2.05) is 6.92 Å². The van der Waals surface area contributed by atoms with E-state index >= 15 is 0 Å². The van der Waals surface area contributed by atoms with Gasteiger partial charge in [0.2, 0.25) is 0 Å². The number of hydrogen-bond donors (Lipinski definition) is 1. The highest BCUT2D eigenvalue weighted by Crippen LogP contribution is 2.41. The van der Waals surface area contributed by atoms with Crippen LogP contribution in [0.4, 0.5) is 0 Å². The van der Waals surface area contributed by atoms with Gasteiger partial charge in [0.25, 0.3) is 0 Å². The SMILES string of the molecule is C[C@H](O)CCC/C=C/[C@@H]1C[C@H]2C[C@@H]1C(=O)O2. The fourth-order valence-electron chi connectivity index (χ4n) is 2.66. The maximum atomic E-state index is 11.3. The van der Waals surface area contributed by atoms with Gasteiger partial charge in [-0.2, -0.15) is 0 Å². The summed E-state index contributed by atoms with van der Waals surface area (Å²) in [6, 6.07) is 0. The van der Waals surface area contributed by atoms with Crippen molar-refractivity contribution in [2.24, 2.45) is 11.8 Å². The summed E-state index contributed by atoms with van der Waals surface area (Å²) in [5.41, 5.74) is 0. The van der Waals surface area contributed by atoms with Crippen molar-refractivity contribution >= 4 is 5.97 Å². The minimum atomic E-state index is -0.203. The average Bonchev–Trinajstić information content (AvgIpc) is 2.75. The maximum absolute atomic E-state index is 11.3. The Morgan fingerprint density at radius 2 is 2.38 bits per heavy atom. The summed E-state index contributed by atoms with van der Waals surface area (Å²) in [4.78, 5) is 11.3. The van der Waals surface area contributed by atoms with Gasteiger partial charge >= 0.3 is 5.97 Å². The fourth-order valence-corrected chi connectivity index (χ4v) is 2.66. The van der Waals surface area contributed by atoms with Crippen molar-refractivity contribution in [1.29, 1.82) is 0 Å². The van der Waals surface area contributed by atoms with Gasteiger partial charge in [-0.15, -0.1) is 0 Å². The van der Waals surface area contributed by atoms with E-state index in [4.69, 9.17) is 9.84 Å². The Labute approximate surface area is 96.5 Å². The van der Waals surface area contributed by atoms with Crippen molar-refractivity contribution in [2.45, 2.75) is 51.2 Å². The van der Waals surface area contributed by atoms with Crippen molar-refractivity contribution in [3.05, 3.63) is 12.2 Å². The van der Waals surface area contributed by atoms with Crippen LogP contribution in [-0.2, 0) is 9.53 Å². The van der Waals surface area contributed by atoms with E-state index in [0.717, 1.165) is 32.1 Å². The molecule has 1 N–H and O–H groups in total. The normalized spacial score (nSPS) is 34.6. The van der Waals surface area contributed by atoms with Gasteiger partial charge in [-0.1, -0.05) is 12.2 Å². The first kappa shape index (κ1) is 11.6. The first-order valence-corrected chi connectivity index (χ1v) is 6.22. The van der Waals surface area contributed by atoms with Crippen LogP contribution in [0.15, 0.2) is 12.2 Å². The highest BCUT2D eigenvalue weighted by atomic mass is 16.6. The lowest BCUT2D eigenvalue weighted by molar-refractivity contribution is -0.149. The van der Waals surface area contributed by atoms with E-state index in [-0.39, 0.29) is 24.1 Å². The van der Waals surface area contributed by atoms with E-state index in [1.165, 1.54) is 0 Å². The average molecular weight is 224 g/mol. The Balaban J connectivity index is 1.70. The molecule has 2 aliphatic rings. The van der Waals surface area contributed by atoms with Gasteiger partial charge in [0.05, 0.1) is 12.0 Å². The lowest BCUT2D eigenvalue weighted by Crippen LogP contribution is -2.21. The molecule has 16 heavy (non-hydrogen) atoms. The molecule has 0 radical (unpaired) electrons. The third-order valence-corrected chi connectivity index (χ3v) is 3.53.